The van der Waals surface area contributed by atoms with Crippen LogP contribution in [-0.4, -0.2) is 50.8 Å². The quantitative estimate of drug-likeness (QED) is 0.273. The zero-order chi connectivity index (χ0) is 29.3. The van der Waals surface area contributed by atoms with Gasteiger partial charge in [-0.1, -0.05) is 41.9 Å². The number of hydrogen-bond donors (Lipinski definition) is 0. The number of hydrogen-bond acceptors (Lipinski definition) is 4. The standard InChI is InChI=1S/C29H21BrClF3N4O3/c30-20-8-11-24(35-15-20)28(41)37-13-12-36(17-25(37)18-6-9-21(31)10-7-18)26(39)19-14-23(29(32,33)34)27(40)38(16-19)22-4-2-1-3-5-22/h1-11,14-16,25H,12-13,17H2/t25-/m1/s1. The van der Waals surface area contributed by atoms with E-state index in [1.165, 1.54) is 23.2 Å². The highest BCUT2D eigenvalue weighted by molar-refractivity contribution is 9.10. The Morgan fingerprint density at radius 3 is 2.29 bits per heavy atom. The number of halogens is 5. The molecule has 41 heavy (non-hydrogen) atoms. The number of rotatable bonds is 4. The summed E-state index contributed by atoms with van der Waals surface area (Å²) in [5.41, 5.74) is -1.95. The van der Waals surface area contributed by atoms with Crippen LogP contribution in [0.25, 0.3) is 5.69 Å². The molecule has 0 radical (unpaired) electrons. The second kappa shape index (κ2) is 11.5. The minimum Gasteiger partial charge on any atom is -0.334 e. The summed E-state index contributed by atoms with van der Waals surface area (Å²) in [4.78, 5) is 47.1. The number of para-hydroxylation sites is 1. The van der Waals surface area contributed by atoms with Crippen molar-refractivity contribution in [2.24, 2.45) is 0 Å². The predicted molar refractivity (Wildman–Crippen MR) is 150 cm³/mol. The molecule has 2 aromatic carbocycles. The van der Waals surface area contributed by atoms with Crippen LogP contribution in [0.5, 0.6) is 0 Å². The lowest BCUT2D eigenvalue weighted by molar-refractivity contribution is -0.138. The van der Waals surface area contributed by atoms with Gasteiger partial charge in [-0.15, -0.1) is 0 Å². The number of pyridine rings is 2. The van der Waals surface area contributed by atoms with Crippen molar-refractivity contribution in [3.05, 3.63) is 127 Å². The van der Waals surface area contributed by atoms with Crippen LogP contribution in [0.4, 0.5) is 13.2 Å². The first-order valence-corrected chi connectivity index (χ1v) is 13.6. The maximum atomic E-state index is 13.9. The molecule has 5 rings (SSSR count). The lowest BCUT2D eigenvalue weighted by Gasteiger charge is -2.41. The topological polar surface area (TPSA) is 75.5 Å². The van der Waals surface area contributed by atoms with Crippen molar-refractivity contribution >= 4 is 39.3 Å². The molecule has 0 N–H and O–H groups in total. The number of carbonyl (C=O) groups is 2. The van der Waals surface area contributed by atoms with Crippen molar-refractivity contribution in [2.45, 2.75) is 12.2 Å². The smallest absolute Gasteiger partial charge is 0.334 e. The van der Waals surface area contributed by atoms with E-state index in [9.17, 15) is 27.6 Å². The number of benzene rings is 2. The van der Waals surface area contributed by atoms with E-state index in [-0.39, 0.29) is 42.5 Å². The Bertz CT molecular complexity index is 1650. The SMILES string of the molecule is O=C(c1cc(C(F)(F)F)c(=O)n(-c2ccccc2)c1)N1CCN(C(=O)c2ccc(Br)cn2)[C@@H](c2ccc(Cl)cc2)C1. The first-order valence-electron chi connectivity index (χ1n) is 12.4. The van der Waals surface area contributed by atoms with Crippen LogP contribution in [0.3, 0.4) is 0 Å². The van der Waals surface area contributed by atoms with Gasteiger partial charge < -0.3 is 9.80 Å². The third kappa shape index (κ3) is 6.06. The summed E-state index contributed by atoms with van der Waals surface area (Å²) >= 11 is 9.37. The molecule has 2 amide bonds. The van der Waals surface area contributed by atoms with Crippen molar-refractivity contribution in [1.29, 1.82) is 0 Å². The Morgan fingerprint density at radius 1 is 0.951 bits per heavy atom. The van der Waals surface area contributed by atoms with Gasteiger partial charge in [0.15, 0.2) is 0 Å². The van der Waals surface area contributed by atoms with Crippen molar-refractivity contribution < 1.29 is 22.8 Å². The average Bonchev–Trinajstić information content (AvgIpc) is 2.97. The van der Waals surface area contributed by atoms with Gasteiger partial charge in [-0.2, -0.15) is 13.2 Å². The van der Waals surface area contributed by atoms with E-state index in [4.69, 9.17) is 11.6 Å². The molecule has 3 heterocycles. The molecule has 12 heteroatoms. The van der Waals surface area contributed by atoms with Crippen LogP contribution in [0.2, 0.25) is 5.02 Å². The fourth-order valence-electron chi connectivity index (χ4n) is 4.70. The van der Waals surface area contributed by atoms with Gasteiger partial charge in [-0.25, -0.2) is 4.98 Å². The maximum absolute atomic E-state index is 13.9. The summed E-state index contributed by atoms with van der Waals surface area (Å²) in [5.74, 6) is -1.06. The van der Waals surface area contributed by atoms with Gasteiger partial charge in [0.2, 0.25) is 0 Å². The van der Waals surface area contributed by atoms with E-state index in [1.54, 1.807) is 59.5 Å². The van der Waals surface area contributed by atoms with Crippen LogP contribution < -0.4 is 5.56 Å². The van der Waals surface area contributed by atoms with Gasteiger partial charge in [0.05, 0.1) is 11.6 Å². The Balaban J connectivity index is 1.52. The Labute approximate surface area is 245 Å². The van der Waals surface area contributed by atoms with E-state index >= 15 is 0 Å². The maximum Gasteiger partial charge on any atom is 0.421 e. The third-order valence-corrected chi connectivity index (χ3v) is 7.45. The molecule has 1 aliphatic heterocycles. The monoisotopic (exact) mass is 644 g/mol. The number of aromatic nitrogens is 2. The molecule has 210 valence electrons. The number of alkyl halides is 3. The second-order valence-corrected chi connectivity index (χ2v) is 10.7. The molecule has 1 aliphatic rings. The zero-order valence-corrected chi connectivity index (χ0v) is 23.5. The molecule has 4 aromatic rings. The molecule has 0 bridgehead atoms. The number of nitrogens with zero attached hydrogens (tertiary/aromatic N) is 4. The van der Waals surface area contributed by atoms with Crippen LogP contribution in [0.15, 0.2) is 94.5 Å². The van der Waals surface area contributed by atoms with Gasteiger partial charge in [0.25, 0.3) is 17.4 Å². The van der Waals surface area contributed by atoms with Gasteiger partial charge in [-0.05, 0) is 64.0 Å². The fourth-order valence-corrected chi connectivity index (χ4v) is 5.06. The molecular formula is C29H21BrClF3N4O3. The fraction of sp³-hybridized carbons (Fsp3) is 0.172. The summed E-state index contributed by atoms with van der Waals surface area (Å²) in [7, 11) is 0. The molecule has 0 saturated carbocycles. The van der Waals surface area contributed by atoms with Crippen molar-refractivity contribution in [2.75, 3.05) is 19.6 Å². The second-order valence-electron chi connectivity index (χ2n) is 9.33. The zero-order valence-electron chi connectivity index (χ0n) is 21.2. The summed E-state index contributed by atoms with van der Waals surface area (Å²) in [6.07, 6.45) is -2.35. The van der Waals surface area contributed by atoms with Crippen LogP contribution >= 0.6 is 27.5 Å². The van der Waals surface area contributed by atoms with E-state index in [1.807, 2.05) is 0 Å². The number of piperazine rings is 1. The largest absolute Gasteiger partial charge is 0.421 e. The van der Waals surface area contributed by atoms with Crippen LogP contribution in [-0.2, 0) is 6.18 Å². The molecule has 1 atom stereocenters. The molecule has 0 aliphatic carbocycles. The van der Waals surface area contributed by atoms with Crippen LogP contribution in [0, 0.1) is 0 Å². The van der Waals surface area contributed by atoms with Crippen LogP contribution in [0.1, 0.15) is 38.0 Å². The number of amides is 2. The summed E-state index contributed by atoms with van der Waals surface area (Å²) in [6.45, 7) is 0.144. The molecule has 7 nitrogen and oxygen atoms in total. The summed E-state index contributed by atoms with van der Waals surface area (Å²) in [5, 5.41) is 0.479. The third-order valence-electron chi connectivity index (χ3n) is 6.73. The average molecular weight is 646 g/mol. The van der Waals surface area contributed by atoms with E-state index < -0.39 is 29.2 Å². The molecule has 0 unspecified atom stereocenters. The predicted octanol–water partition coefficient (Wildman–Crippen LogP) is 6.01. The van der Waals surface area contributed by atoms with Gasteiger partial charge in [0.1, 0.15) is 11.3 Å². The molecule has 0 spiro atoms. The molecule has 2 aromatic heterocycles. The Kier molecular flexibility index (Phi) is 8.01. The highest BCUT2D eigenvalue weighted by Crippen LogP contribution is 2.31. The lowest BCUT2D eigenvalue weighted by atomic mass is 10.0. The van der Waals surface area contributed by atoms with Crippen molar-refractivity contribution in [3.8, 4) is 5.69 Å². The summed E-state index contributed by atoms with van der Waals surface area (Å²) in [6, 6.07) is 17.8. The normalized spacial score (nSPS) is 15.6. The van der Waals surface area contributed by atoms with E-state index in [2.05, 4.69) is 20.9 Å². The first kappa shape index (κ1) is 28.6. The lowest BCUT2D eigenvalue weighted by Crippen LogP contribution is -2.52. The van der Waals surface area contributed by atoms with E-state index in [0.717, 1.165) is 10.8 Å². The van der Waals surface area contributed by atoms with Crippen molar-refractivity contribution in [1.82, 2.24) is 19.4 Å². The number of carbonyl (C=O) groups excluding carboxylic acids is 2. The molecular weight excluding hydrogens is 625 g/mol. The van der Waals surface area contributed by atoms with Gasteiger partial charge in [-0.3, -0.25) is 19.0 Å². The van der Waals surface area contributed by atoms with Gasteiger partial charge >= 0.3 is 6.18 Å². The minimum absolute atomic E-state index is 0.00541. The minimum atomic E-state index is -4.97. The highest BCUT2D eigenvalue weighted by atomic mass is 79.9. The first-order chi connectivity index (χ1) is 19.5. The van der Waals surface area contributed by atoms with Gasteiger partial charge in [0, 0.05) is 47.2 Å². The molecule has 1 fully saturated rings. The summed E-state index contributed by atoms with van der Waals surface area (Å²) < 4.78 is 43.1. The highest BCUT2D eigenvalue weighted by Gasteiger charge is 2.38. The molecule has 1 saturated heterocycles. The Hall–Kier alpha value is -3.96. The van der Waals surface area contributed by atoms with Crippen molar-refractivity contribution in [3.63, 3.8) is 0 Å². The van der Waals surface area contributed by atoms with E-state index in [0.29, 0.717) is 21.1 Å². The Morgan fingerprint density at radius 2 is 1.66 bits per heavy atom.